The van der Waals surface area contributed by atoms with Gasteiger partial charge in [-0.3, -0.25) is 0 Å². The van der Waals surface area contributed by atoms with Gasteiger partial charge >= 0.3 is 6.03 Å². The van der Waals surface area contributed by atoms with Crippen LogP contribution in [0.15, 0.2) is 22.7 Å². The van der Waals surface area contributed by atoms with Gasteiger partial charge < -0.3 is 20.5 Å². The summed E-state index contributed by atoms with van der Waals surface area (Å²) >= 11 is 3.15. The number of carbonyl (C=O) groups is 1. The minimum Gasteiger partial charge on any atom is -0.396 e. The van der Waals surface area contributed by atoms with E-state index in [1.54, 1.807) is 13.0 Å². The van der Waals surface area contributed by atoms with Crippen molar-refractivity contribution in [1.82, 2.24) is 5.32 Å². The molecule has 0 saturated heterocycles. The smallest absolute Gasteiger partial charge is 0.319 e. The first kappa shape index (κ1) is 16.9. The van der Waals surface area contributed by atoms with Gasteiger partial charge in [0.25, 0.3) is 0 Å². The molecule has 2 amide bonds. The van der Waals surface area contributed by atoms with Crippen LogP contribution in [0.3, 0.4) is 0 Å². The number of amides is 2. The number of nitrogens with one attached hydrogen (secondary N) is 2. The third-order valence-corrected chi connectivity index (χ3v) is 3.12. The highest BCUT2D eigenvalue weighted by Gasteiger charge is 2.25. The van der Waals surface area contributed by atoms with Gasteiger partial charge in [0.2, 0.25) is 0 Å². The van der Waals surface area contributed by atoms with Gasteiger partial charge in [-0.15, -0.1) is 0 Å². The van der Waals surface area contributed by atoms with Crippen LogP contribution in [0, 0.1) is 5.82 Å². The van der Waals surface area contributed by atoms with E-state index >= 15 is 0 Å². The number of methoxy groups -OCH3 is 1. The summed E-state index contributed by atoms with van der Waals surface area (Å²) in [5.74, 6) is -0.454. The second-order valence-corrected chi connectivity index (χ2v) is 5.62. The summed E-state index contributed by atoms with van der Waals surface area (Å²) < 4.78 is 18.8. The van der Waals surface area contributed by atoms with Crippen LogP contribution in [0.2, 0.25) is 0 Å². The fourth-order valence-electron chi connectivity index (χ4n) is 1.80. The summed E-state index contributed by atoms with van der Waals surface area (Å²) in [6, 6.07) is 3.60. The molecule has 0 bridgehead atoms. The van der Waals surface area contributed by atoms with Crippen molar-refractivity contribution in [1.29, 1.82) is 0 Å². The molecule has 0 heterocycles. The zero-order chi connectivity index (χ0) is 15.2. The Labute approximate surface area is 125 Å². The molecule has 0 radical (unpaired) electrons. The molecule has 0 saturated carbocycles. The molecule has 0 aliphatic rings. The van der Waals surface area contributed by atoms with E-state index in [2.05, 4.69) is 26.6 Å². The third kappa shape index (κ3) is 5.44. The molecule has 20 heavy (non-hydrogen) atoms. The maximum atomic E-state index is 13.2. The number of carbonyl (C=O) groups excluding carboxylic acids is 1. The third-order valence-electron chi connectivity index (χ3n) is 2.66. The van der Waals surface area contributed by atoms with Crippen LogP contribution < -0.4 is 10.6 Å². The number of rotatable bonds is 6. The summed E-state index contributed by atoms with van der Waals surface area (Å²) in [6.07, 6.45) is 0.348. The largest absolute Gasteiger partial charge is 0.396 e. The van der Waals surface area contributed by atoms with Crippen molar-refractivity contribution < 1.29 is 19.0 Å². The predicted octanol–water partition coefficient (Wildman–Crippen LogP) is 2.50. The second kappa shape index (κ2) is 7.56. The molecule has 1 aromatic carbocycles. The second-order valence-electron chi connectivity index (χ2n) is 4.70. The van der Waals surface area contributed by atoms with Crippen LogP contribution in [0.1, 0.15) is 13.3 Å². The lowest BCUT2D eigenvalue weighted by Crippen LogP contribution is -2.51. The quantitative estimate of drug-likeness (QED) is 0.739. The van der Waals surface area contributed by atoms with Crippen LogP contribution >= 0.6 is 15.9 Å². The minimum absolute atomic E-state index is 0.0777. The minimum atomic E-state index is -0.696. The van der Waals surface area contributed by atoms with E-state index in [1.165, 1.54) is 19.2 Å². The van der Waals surface area contributed by atoms with Crippen molar-refractivity contribution in [3.05, 3.63) is 28.5 Å². The molecule has 0 unspecified atom stereocenters. The van der Waals surface area contributed by atoms with Crippen molar-refractivity contribution in [3.8, 4) is 0 Å². The number of anilines is 1. The summed E-state index contributed by atoms with van der Waals surface area (Å²) in [5.41, 5.74) is -0.365. The average Bonchev–Trinajstić information content (AvgIpc) is 2.26. The Balaban J connectivity index is 2.70. The number of ether oxygens (including phenoxy) is 1. The molecular weight excluding hydrogens is 331 g/mol. The van der Waals surface area contributed by atoms with Crippen molar-refractivity contribution in [3.63, 3.8) is 0 Å². The first-order chi connectivity index (χ1) is 9.38. The van der Waals surface area contributed by atoms with Gasteiger partial charge in [0.1, 0.15) is 5.82 Å². The molecule has 7 heteroatoms. The van der Waals surface area contributed by atoms with E-state index in [9.17, 15) is 9.18 Å². The highest BCUT2D eigenvalue weighted by Crippen LogP contribution is 2.19. The molecule has 5 nitrogen and oxygen atoms in total. The SMILES string of the molecule is COC[C@@](C)(CCO)NC(=O)Nc1cc(F)cc(Br)c1. The Bertz CT molecular complexity index is 445. The van der Waals surface area contributed by atoms with Crippen LogP contribution in [0.25, 0.3) is 0 Å². The van der Waals surface area contributed by atoms with Gasteiger partial charge in [0, 0.05) is 23.9 Å². The van der Waals surface area contributed by atoms with E-state index in [0.29, 0.717) is 16.6 Å². The first-order valence-corrected chi connectivity index (χ1v) is 6.83. The van der Waals surface area contributed by atoms with Crippen LogP contribution in [0.5, 0.6) is 0 Å². The predicted molar refractivity (Wildman–Crippen MR) is 78.2 cm³/mol. The van der Waals surface area contributed by atoms with Gasteiger partial charge in [-0.1, -0.05) is 15.9 Å². The van der Waals surface area contributed by atoms with E-state index in [-0.39, 0.29) is 13.2 Å². The lowest BCUT2D eigenvalue weighted by Gasteiger charge is -2.29. The van der Waals surface area contributed by atoms with E-state index in [4.69, 9.17) is 9.84 Å². The number of aliphatic hydroxyl groups is 1. The van der Waals surface area contributed by atoms with Crippen molar-refractivity contribution >= 4 is 27.6 Å². The van der Waals surface area contributed by atoms with Crippen LogP contribution in [-0.4, -0.2) is 37.0 Å². The molecule has 1 atom stereocenters. The number of aliphatic hydroxyl groups excluding tert-OH is 1. The molecule has 3 N–H and O–H groups in total. The molecule has 0 aliphatic carbocycles. The molecule has 0 aromatic heterocycles. The lowest BCUT2D eigenvalue weighted by molar-refractivity contribution is 0.104. The van der Waals surface area contributed by atoms with Crippen molar-refractivity contribution in [2.75, 3.05) is 25.6 Å². The molecule has 1 rings (SSSR count). The van der Waals surface area contributed by atoms with Crippen LogP contribution in [0.4, 0.5) is 14.9 Å². The van der Waals surface area contributed by atoms with Crippen LogP contribution in [-0.2, 0) is 4.74 Å². The molecule has 1 aromatic rings. The first-order valence-electron chi connectivity index (χ1n) is 6.03. The highest BCUT2D eigenvalue weighted by molar-refractivity contribution is 9.10. The summed E-state index contributed by atoms with van der Waals surface area (Å²) in [5, 5.41) is 14.3. The standard InChI is InChI=1S/C13H18BrFN2O3/c1-13(3-4-18,8-20-2)17-12(19)16-11-6-9(14)5-10(15)7-11/h5-7,18H,3-4,8H2,1-2H3,(H2,16,17,19)/t13-/m1/s1. The van der Waals surface area contributed by atoms with Gasteiger partial charge in [0.15, 0.2) is 0 Å². The van der Waals surface area contributed by atoms with Gasteiger partial charge in [0.05, 0.1) is 12.1 Å². The molecular formula is C13H18BrFN2O3. The fraction of sp³-hybridized carbons (Fsp3) is 0.462. The van der Waals surface area contributed by atoms with Gasteiger partial charge in [-0.2, -0.15) is 0 Å². The Morgan fingerprint density at radius 1 is 1.50 bits per heavy atom. The molecule has 0 fully saturated rings. The zero-order valence-corrected chi connectivity index (χ0v) is 13.0. The lowest BCUT2D eigenvalue weighted by atomic mass is 10.00. The fourth-order valence-corrected chi connectivity index (χ4v) is 2.26. The molecule has 0 spiro atoms. The summed E-state index contributed by atoms with van der Waals surface area (Å²) in [7, 11) is 1.51. The van der Waals surface area contributed by atoms with E-state index < -0.39 is 17.4 Å². The zero-order valence-electron chi connectivity index (χ0n) is 11.4. The number of hydrogen-bond acceptors (Lipinski definition) is 3. The highest BCUT2D eigenvalue weighted by atomic mass is 79.9. The van der Waals surface area contributed by atoms with Crippen molar-refractivity contribution in [2.45, 2.75) is 18.9 Å². The van der Waals surface area contributed by atoms with Crippen molar-refractivity contribution in [2.24, 2.45) is 0 Å². The molecule has 0 aliphatic heterocycles. The Hall–Kier alpha value is -1.18. The monoisotopic (exact) mass is 348 g/mol. The number of halogens is 2. The Morgan fingerprint density at radius 2 is 2.20 bits per heavy atom. The maximum Gasteiger partial charge on any atom is 0.319 e. The Kier molecular flexibility index (Phi) is 6.38. The Morgan fingerprint density at radius 3 is 2.75 bits per heavy atom. The number of urea groups is 1. The van der Waals surface area contributed by atoms with E-state index in [1.807, 2.05) is 0 Å². The topological polar surface area (TPSA) is 70.6 Å². The summed E-state index contributed by atoms with van der Waals surface area (Å²) in [6.45, 7) is 1.94. The average molecular weight is 349 g/mol. The number of hydrogen-bond donors (Lipinski definition) is 3. The normalized spacial score (nSPS) is 13.7. The summed E-state index contributed by atoms with van der Waals surface area (Å²) in [4.78, 5) is 11.9. The maximum absolute atomic E-state index is 13.2. The van der Waals surface area contributed by atoms with Gasteiger partial charge in [-0.05, 0) is 31.5 Å². The molecule has 112 valence electrons. The van der Waals surface area contributed by atoms with Gasteiger partial charge in [-0.25, -0.2) is 9.18 Å². The number of benzene rings is 1. The van der Waals surface area contributed by atoms with E-state index in [0.717, 1.165) is 0 Å².